The summed E-state index contributed by atoms with van der Waals surface area (Å²) in [7, 11) is 1.34. The van der Waals surface area contributed by atoms with Crippen LogP contribution in [-0.4, -0.2) is 48.3 Å². The third-order valence-corrected chi connectivity index (χ3v) is 2.77. The monoisotopic (exact) mass is 277 g/mol. The largest absolute Gasteiger partial charge is 0.468 e. The standard InChI is InChI=1S/C10H16BrNO3/c1-7(11)6-12-5-3-4-8(13)9(12)10(14)15-2/h8-9,13H,1,3-6H2,2H3/t8-,9-/m1/s1. The second kappa shape index (κ2) is 5.63. The summed E-state index contributed by atoms with van der Waals surface area (Å²) >= 11 is 3.26. The highest BCUT2D eigenvalue weighted by Crippen LogP contribution is 2.20. The van der Waals surface area contributed by atoms with Crippen LogP contribution in [0.15, 0.2) is 11.1 Å². The number of aliphatic hydroxyl groups excluding tert-OH is 1. The number of ether oxygens (including phenoxy) is 1. The van der Waals surface area contributed by atoms with Gasteiger partial charge < -0.3 is 9.84 Å². The molecule has 0 spiro atoms. The van der Waals surface area contributed by atoms with Gasteiger partial charge in [-0.3, -0.25) is 9.69 Å². The minimum absolute atomic E-state index is 0.379. The Hall–Kier alpha value is -0.390. The molecule has 5 heteroatoms. The number of likely N-dealkylation sites (tertiary alicyclic amines) is 1. The van der Waals surface area contributed by atoms with Crippen molar-refractivity contribution in [2.75, 3.05) is 20.2 Å². The van der Waals surface area contributed by atoms with Gasteiger partial charge in [-0.25, -0.2) is 0 Å². The van der Waals surface area contributed by atoms with E-state index in [1.165, 1.54) is 7.11 Å². The normalized spacial score (nSPS) is 27.4. The van der Waals surface area contributed by atoms with Gasteiger partial charge in [0.2, 0.25) is 0 Å². The zero-order valence-corrected chi connectivity index (χ0v) is 10.4. The van der Waals surface area contributed by atoms with Gasteiger partial charge in [0.15, 0.2) is 0 Å². The number of nitrogens with zero attached hydrogens (tertiary/aromatic N) is 1. The Morgan fingerprint density at radius 3 is 2.93 bits per heavy atom. The third-order valence-electron chi connectivity index (χ3n) is 2.52. The van der Waals surface area contributed by atoms with Crippen LogP contribution in [0.3, 0.4) is 0 Å². The Labute approximate surface area is 98.0 Å². The number of methoxy groups -OCH3 is 1. The second-order valence-electron chi connectivity index (χ2n) is 3.67. The fourth-order valence-electron chi connectivity index (χ4n) is 1.87. The highest BCUT2D eigenvalue weighted by atomic mass is 79.9. The molecule has 86 valence electrons. The van der Waals surface area contributed by atoms with Crippen molar-refractivity contribution in [1.82, 2.24) is 4.90 Å². The first-order chi connectivity index (χ1) is 7.06. The molecule has 1 N–H and O–H groups in total. The highest BCUT2D eigenvalue weighted by molar-refractivity contribution is 9.11. The van der Waals surface area contributed by atoms with Gasteiger partial charge in [0.25, 0.3) is 0 Å². The van der Waals surface area contributed by atoms with Gasteiger partial charge in [-0.2, -0.15) is 0 Å². The van der Waals surface area contributed by atoms with E-state index in [1.807, 2.05) is 4.90 Å². The third kappa shape index (κ3) is 3.29. The van der Waals surface area contributed by atoms with Crippen LogP contribution in [0, 0.1) is 0 Å². The predicted molar refractivity (Wildman–Crippen MR) is 60.7 cm³/mol. The summed E-state index contributed by atoms with van der Waals surface area (Å²) in [6, 6.07) is -0.557. The lowest BCUT2D eigenvalue weighted by Gasteiger charge is -2.36. The molecular formula is C10H16BrNO3. The smallest absolute Gasteiger partial charge is 0.325 e. The van der Waals surface area contributed by atoms with E-state index in [9.17, 15) is 9.90 Å². The van der Waals surface area contributed by atoms with E-state index in [4.69, 9.17) is 0 Å². The van der Waals surface area contributed by atoms with E-state index in [1.54, 1.807) is 0 Å². The first-order valence-electron chi connectivity index (χ1n) is 4.89. The van der Waals surface area contributed by atoms with Crippen LogP contribution in [0.2, 0.25) is 0 Å². The number of piperidine rings is 1. The minimum atomic E-state index is -0.641. The molecule has 0 amide bonds. The molecule has 0 aromatic carbocycles. The van der Waals surface area contributed by atoms with Crippen molar-refractivity contribution in [3.05, 3.63) is 11.1 Å². The molecule has 0 aliphatic carbocycles. The van der Waals surface area contributed by atoms with E-state index < -0.39 is 12.1 Å². The van der Waals surface area contributed by atoms with Crippen LogP contribution >= 0.6 is 15.9 Å². The molecule has 1 fully saturated rings. The van der Waals surface area contributed by atoms with Crippen molar-refractivity contribution in [2.24, 2.45) is 0 Å². The second-order valence-corrected chi connectivity index (χ2v) is 4.79. The van der Waals surface area contributed by atoms with Crippen molar-refractivity contribution in [2.45, 2.75) is 25.0 Å². The van der Waals surface area contributed by atoms with Gasteiger partial charge in [0.1, 0.15) is 6.04 Å². The summed E-state index contributed by atoms with van der Waals surface area (Å²) in [5.74, 6) is -0.379. The molecule has 2 atom stereocenters. The number of halogens is 1. The predicted octanol–water partition coefficient (Wildman–Crippen LogP) is 0.893. The maximum absolute atomic E-state index is 11.5. The van der Waals surface area contributed by atoms with Crippen LogP contribution in [0.1, 0.15) is 12.8 Å². The van der Waals surface area contributed by atoms with E-state index >= 15 is 0 Å². The quantitative estimate of drug-likeness (QED) is 0.779. The van der Waals surface area contributed by atoms with Crippen LogP contribution in [0.5, 0.6) is 0 Å². The molecule has 0 saturated carbocycles. The van der Waals surface area contributed by atoms with E-state index in [0.29, 0.717) is 13.0 Å². The van der Waals surface area contributed by atoms with Crippen molar-refractivity contribution in [3.8, 4) is 0 Å². The molecule has 0 radical (unpaired) electrons. The van der Waals surface area contributed by atoms with Crippen LogP contribution in [-0.2, 0) is 9.53 Å². The van der Waals surface area contributed by atoms with Crippen molar-refractivity contribution in [1.29, 1.82) is 0 Å². The average molecular weight is 278 g/mol. The number of aliphatic hydroxyl groups is 1. The molecule has 4 nitrogen and oxygen atoms in total. The lowest BCUT2D eigenvalue weighted by molar-refractivity contribution is -0.153. The molecular weight excluding hydrogens is 262 g/mol. The highest BCUT2D eigenvalue weighted by Gasteiger charge is 2.36. The summed E-state index contributed by atoms with van der Waals surface area (Å²) in [5.41, 5.74) is 0. The maximum Gasteiger partial charge on any atom is 0.325 e. The van der Waals surface area contributed by atoms with E-state index in [-0.39, 0.29) is 5.97 Å². The summed E-state index contributed by atoms with van der Waals surface area (Å²) in [6.45, 7) is 5.07. The van der Waals surface area contributed by atoms with Crippen molar-refractivity contribution < 1.29 is 14.6 Å². The Kier molecular flexibility index (Phi) is 4.76. The fourth-order valence-corrected chi connectivity index (χ4v) is 2.19. The van der Waals surface area contributed by atoms with Crippen molar-refractivity contribution in [3.63, 3.8) is 0 Å². The molecule has 0 aromatic heterocycles. The summed E-state index contributed by atoms with van der Waals surface area (Å²) in [5, 5.41) is 9.77. The van der Waals surface area contributed by atoms with Gasteiger partial charge in [-0.15, -0.1) is 0 Å². The molecule has 0 aromatic rings. The topological polar surface area (TPSA) is 49.8 Å². The molecule has 0 bridgehead atoms. The molecule has 1 aliphatic rings. The molecule has 1 heterocycles. The summed E-state index contributed by atoms with van der Waals surface area (Å²) in [4.78, 5) is 13.4. The zero-order valence-electron chi connectivity index (χ0n) is 8.78. The number of esters is 1. The molecule has 1 rings (SSSR count). The Bertz CT molecular complexity index is 257. The number of carbonyl (C=O) groups is 1. The van der Waals surface area contributed by atoms with Crippen LogP contribution < -0.4 is 0 Å². The van der Waals surface area contributed by atoms with Gasteiger partial charge >= 0.3 is 5.97 Å². The first kappa shape index (κ1) is 12.7. The fraction of sp³-hybridized carbons (Fsp3) is 0.700. The SMILES string of the molecule is C=C(Br)CN1CCC[C@@H](O)[C@@H]1C(=O)OC. The van der Waals surface area contributed by atoms with E-state index in [2.05, 4.69) is 27.2 Å². The van der Waals surface area contributed by atoms with Gasteiger partial charge in [0.05, 0.1) is 13.2 Å². The van der Waals surface area contributed by atoms with Gasteiger partial charge in [-0.1, -0.05) is 22.5 Å². The number of rotatable bonds is 3. The van der Waals surface area contributed by atoms with Crippen LogP contribution in [0.25, 0.3) is 0 Å². The molecule has 1 aliphatic heterocycles. The Balaban J connectivity index is 2.72. The molecule has 0 unspecified atom stereocenters. The molecule has 1 saturated heterocycles. The Morgan fingerprint density at radius 2 is 2.40 bits per heavy atom. The zero-order chi connectivity index (χ0) is 11.4. The lowest BCUT2D eigenvalue weighted by atomic mass is 9.99. The van der Waals surface area contributed by atoms with Gasteiger partial charge in [-0.05, 0) is 19.4 Å². The molecule has 15 heavy (non-hydrogen) atoms. The number of hydrogen-bond acceptors (Lipinski definition) is 4. The minimum Gasteiger partial charge on any atom is -0.468 e. The van der Waals surface area contributed by atoms with Gasteiger partial charge in [0, 0.05) is 11.0 Å². The maximum atomic E-state index is 11.5. The van der Waals surface area contributed by atoms with E-state index in [0.717, 1.165) is 17.4 Å². The number of carbonyl (C=O) groups excluding carboxylic acids is 1. The average Bonchev–Trinajstić information content (AvgIpc) is 2.16. The van der Waals surface area contributed by atoms with Crippen molar-refractivity contribution >= 4 is 21.9 Å². The first-order valence-corrected chi connectivity index (χ1v) is 5.68. The lowest BCUT2D eigenvalue weighted by Crippen LogP contribution is -2.53. The Morgan fingerprint density at radius 1 is 1.73 bits per heavy atom. The summed E-state index contributed by atoms with van der Waals surface area (Å²) < 4.78 is 5.48. The summed E-state index contributed by atoms with van der Waals surface area (Å²) in [6.07, 6.45) is 0.887. The number of hydrogen-bond donors (Lipinski definition) is 1. The van der Waals surface area contributed by atoms with Crippen LogP contribution in [0.4, 0.5) is 0 Å².